The van der Waals surface area contributed by atoms with Crippen LogP contribution in [0.2, 0.25) is 0 Å². The average Bonchev–Trinajstić information content (AvgIpc) is 3.54. The van der Waals surface area contributed by atoms with Gasteiger partial charge in [-0.05, 0) is 49.4 Å². The van der Waals surface area contributed by atoms with Gasteiger partial charge in [-0.1, -0.05) is 6.07 Å². The summed E-state index contributed by atoms with van der Waals surface area (Å²) in [6.07, 6.45) is 5.12. The second-order valence-corrected chi connectivity index (χ2v) is 9.04. The quantitative estimate of drug-likeness (QED) is 0.409. The number of piperidine rings is 1. The third-order valence-corrected chi connectivity index (χ3v) is 6.65. The molecule has 6 rings (SSSR count). The molecular weight excluding hydrogens is 456 g/mol. The molecule has 10 heteroatoms. The van der Waals surface area contributed by atoms with Crippen molar-refractivity contribution in [2.45, 2.75) is 25.6 Å². The van der Waals surface area contributed by atoms with Crippen molar-refractivity contribution in [2.75, 3.05) is 42.3 Å². The molecule has 0 amide bonds. The SMILES string of the molecule is Cc1ncn(-c2ccc(Nc3nccc(-c4ccc(N5CCC6(CC5)OCCO6)c(N)c4)n3)cc2)n1. The van der Waals surface area contributed by atoms with Gasteiger partial charge >= 0.3 is 0 Å². The zero-order chi connectivity index (χ0) is 24.5. The number of nitrogens with zero attached hydrogens (tertiary/aromatic N) is 6. The Bertz CT molecular complexity index is 1350. The van der Waals surface area contributed by atoms with Crippen molar-refractivity contribution in [3.05, 3.63) is 66.9 Å². The molecule has 0 unspecified atom stereocenters. The number of benzene rings is 2. The number of hydrogen-bond acceptors (Lipinski definition) is 9. The van der Waals surface area contributed by atoms with Gasteiger partial charge in [0.25, 0.3) is 0 Å². The molecule has 1 spiro atoms. The van der Waals surface area contributed by atoms with Crippen molar-refractivity contribution >= 4 is 23.0 Å². The van der Waals surface area contributed by atoms with E-state index in [-0.39, 0.29) is 0 Å². The molecule has 4 heterocycles. The van der Waals surface area contributed by atoms with Gasteiger partial charge in [0.1, 0.15) is 12.2 Å². The first-order valence-corrected chi connectivity index (χ1v) is 12.1. The van der Waals surface area contributed by atoms with E-state index in [1.807, 2.05) is 43.3 Å². The third-order valence-electron chi connectivity index (χ3n) is 6.65. The highest BCUT2D eigenvalue weighted by molar-refractivity contribution is 5.76. The first-order valence-electron chi connectivity index (χ1n) is 12.1. The number of nitrogens with one attached hydrogen (secondary N) is 1. The summed E-state index contributed by atoms with van der Waals surface area (Å²) in [7, 11) is 0. The minimum atomic E-state index is -0.398. The number of nitrogens with two attached hydrogens (primary N) is 1. The summed E-state index contributed by atoms with van der Waals surface area (Å²) in [5.41, 5.74) is 11.8. The summed E-state index contributed by atoms with van der Waals surface area (Å²) in [6, 6.07) is 15.8. The molecule has 184 valence electrons. The number of anilines is 4. The lowest BCUT2D eigenvalue weighted by atomic mass is 10.0. The Morgan fingerprint density at radius 3 is 2.44 bits per heavy atom. The third kappa shape index (κ3) is 4.48. The standard InChI is InChI=1S/C26H28N8O2/c1-18-29-17-34(32-18)21-5-3-20(4-6-21)30-25-28-11-8-23(31-25)19-2-7-24(22(27)16-19)33-12-9-26(10-13-33)35-14-15-36-26/h2-8,11,16-17H,9-10,12-15,27H2,1H3,(H,28,30,31). The maximum absolute atomic E-state index is 6.49. The molecule has 2 aromatic heterocycles. The smallest absolute Gasteiger partial charge is 0.227 e. The van der Waals surface area contributed by atoms with Crippen LogP contribution in [0.4, 0.5) is 23.0 Å². The van der Waals surface area contributed by atoms with Crippen LogP contribution in [-0.2, 0) is 9.47 Å². The van der Waals surface area contributed by atoms with Crippen LogP contribution in [0.1, 0.15) is 18.7 Å². The predicted molar refractivity (Wildman–Crippen MR) is 137 cm³/mol. The number of hydrogen-bond donors (Lipinski definition) is 2. The Morgan fingerprint density at radius 2 is 1.75 bits per heavy atom. The highest BCUT2D eigenvalue weighted by Crippen LogP contribution is 2.36. The maximum Gasteiger partial charge on any atom is 0.227 e. The van der Waals surface area contributed by atoms with E-state index in [0.717, 1.165) is 65.8 Å². The molecule has 0 radical (unpaired) electrons. The van der Waals surface area contributed by atoms with E-state index >= 15 is 0 Å². The monoisotopic (exact) mass is 484 g/mol. The first-order chi connectivity index (χ1) is 17.6. The Labute approximate surface area is 209 Å². The molecule has 4 aromatic rings. The molecule has 2 aliphatic rings. The molecule has 3 N–H and O–H groups in total. The highest BCUT2D eigenvalue weighted by atomic mass is 16.7. The van der Waals surface area contributed by atoms with Crippen LogP contribution in [0.25, 0.3) is 16.9 Å². The number of nitrogen functional groups attached to an aromatic ring is 1. The molecule has 0 atom stereocenters. The van der Waals surface area contributed by atoms with Gasteiger partial charge < -0.3 is 25.4 Å². The van der Waals surface area contributed by atoms with Gasteiger partial charge in [0, 0.05) is 43.4 Å². The van der Waals surface area contributed by atoms with Crippen LogP contribution in [-0.4, -0.2) is 56.8 Å². The minimum Gasteiger partial charge on any atom is -0.397 e. The van der Waals surface area contributed by atoms with E-state index < -0.39 is 5.79 Å². The molecular formula is C26H28N8O2. The lowest BCUT2D eigenvalue weighted by molar-refractivity contribution is -0.169. The molecule has 0 aliphatic carbocycles. The van der Waals surface area contributed by atoms with Crippen molar-refractivity contribution in [2.24, 2.45) is 0 Å². The Balaban J connectivity index is 1.15. The summed E-state index contributed by atoms with van der Waals surface area (Å²) in [4.78, 5) is 15.5. The lowest BCUT2D eigenvalue weighted by Crippen LogP contribution is -2.45. The van der Waals surface area contributed by atoms with Gasteiger partial charge in [-0.15, -0.1) is 0 Å². The van der Waals surface area contributed by atoms with Crippen LogP contribution < -0.4 is 16.0 Å². The second kappa shape index (κ2) is 9.21. The Morgan fingerprint density at radius 1 is 0.972 bits per heavy atom. The Kier molecular flexibility index (Phi) is 5.74. The van der Waals surface area contributed by atoms with Gasteiger partial charge in [-0.2, -0.15) is 5.10 Å². The molecule has 2 saturated heterocycles. The fourth-order valence-corrected chi connectivity index (χ4v) is 4.75. The zero-order valence-electron chi connectivity index (χ0n) is 20.1. The fraction of sp³-hybridized carbons (Fsp3) is 0.308. The van der Waals surface area contributed by atoms with E-state index in [4.69, 9.17) is 20.2 Å². The van der Waals surface area contributed by atoms with Crippen molar-refractivity contribution in [3.8, 4) is 16.9 Å². The number of ether oxygens (including phenoxy) is 2. The van der Waals surface area contributed by atoms with Gasteiger partial charge in [0.15, 0.2) is 5.79 Å². The van der Waals surface area contributed by atoms with Crippen molar-refractivity contribution in [3.63, 3.8) is 0 Å². The normalized spacial score (nSPS) is 17.0. The second-order valence-electron chi connectivity index (χ2n) is 9.04. The molecule has 2 aromatic carbocycles. The van der Waals surface area contributed by atoms with Gasteiger partial charge in [-0.3, -0.25) is 0 Å². The van der Waals surface area contributed by atoms with E-state index in [0.29, 0.717) is 19.2 Å². The molecule has 36 heavy (non-hydrogen) atoms. The minimum absolute atomic E-state index is 0.398. The number of aromatic nitrogens is 5. The van der Waals surface area contributed by atoms with Crippen molar-refractivity contribution < 1.29 is 9.47 Å². The number of aryl methyl sites for hydroxylation is 1. The fourth-order valence-electron chi connectivity index (χ4n) is 4.75. The van der Waals surface area contributed by atoms with Gasteiger partial charge in [0.05, 0.1) is 36.0 Å². The van der Waals surface area contributed by atoms with E-state index in [1.165, 1.54) is 0 Å². The van der Waals surface area contributed by atoms with Crippen LogP contribution in [0.5, 0.6) is 0 Å². The topological polar surface area (TPSA) is 116 Å². The first kappa shape index (κ1) is 22.4. The van der Waals surface area contributed by atoms with Crippen LogP contribution in [0.15, 0.2) is 61.1 Å². The predicted octanol–water partition coefficient (Wildman–Crippen LogP) is 3.70. The van der Waals surface area contributed by atoms with Crippen LogP contribution in [0.3, 0.4) is 0 Å². The Hall–Kier alpha value is -4.02. The van der Waals surface area contributed by atoms with E-state index in [1.54, 1.807) is 17.2 Å². The lowest BCUT2D eigenvalue weighted by Gasteiger charge is -2.39. The average molecular weight is 485 g/mol. The van der Waals surface area contributed by atoms with Crippen LogP contribution >= 0.6 is 0 Å². The molecule has 2 fully saturated rings. The molecule has 10 nitrogen and oxygen atoms in total. The summed E-state index contributed by atoms with van der Waals surface area (Å²) in [6.45, 7) is 4.92. The van der Waals surface area contributed by atoms with Crippen molar-refractivity contribution in [1.29, 1.82) is 0 Å². The van der Waals surface area contributed by atoms with Gasteiger partial charge in [0.2, 0.25) is 5.95 Å². The summed E-state index contributed by atoms with van der Waals surface area (Å²) in [5.74, 6) is 0.844. The molecule has 2 aliphatic heterocycles. The van der Waals surface area contributed by atoms with E-state index in [2.05, 4.69) is 37.4 Å². The molecule has 0 saturated carbocycles. The molecule has 0 bridgehead atoms. The highest BCUT2D eigenvalue weighted by Gasteiger charge is 2.40. The largest absolute Gasteiger partial charge is 0.397 e. The summed E-state index contributed by atoms with van der Waals surface area (Å²) >= 11 is 0. The van der Waals surface area contributed by atoms with Gasteiger partial charge in [-0.25, -0.2) is 19.6 Å². The zero-order valence-corrected chi connectivity index (χ0v) is 20.1. The summed E-state index contributed by atoms with van der Waals surface area (Å²) in [5, 5.41) is 7.60. The van der Waals surface area contributed by atoms with Crippen molar-refractivity contribution in [1.82, 2.24) is 24.7 Å². The van der Waals surface area contributed by atoms with E-state index in [9.17, 15) is 0 Å². The summed E-state index contributed by atoms with van der Waals surface area (Å²) < 4.78 is 13.4. The number of rotatable bonds is 5. The van der Waals surface area contributed by atoms with Crippen LogP contribution in [0, 0.1) is 6.92 Å². The maximum atomic E-state index is 6.49.